The second-order valence-electron chi connectivity index (χ2n) is 8.01. The molecule has 2 heterocycles. The van der Waals surface area contributed by atoms with Crippen LogP contribution >= 0.6 is 0 Å². The Kier molecular flexibility index (Phi) is 4.06. The highest BCUT2D eigenvalue weighted by Gasteiger charge is 2.33. The number of nitrogens with one attached hydrogen (secondary N) is 1. The Bertz CT molecular complexity index is 897. The van der Waals surface area contributed by atoms with Crippen LogP contribution in [0.3, 0.4) is 0 Å². The molecule has 0 aliphatic carbocycles. The Labute approximate surface area is 155 Å². The second kappa shape index (κ2) is 6.15. The SMILES string of the molecule is CCCC[C@H]1Oc2ccc(F)cc2-c2ccc3c(c21)C(C)=CC(C)(C)N3. The topological polar surface area (TPSA) is 21.3 Å². The third kappa shape index (κ3) is 2.80. The highest BCUT2D eigenvalue weighted by molar-refractivity contribution is 5.89. The van der Waals surface area contributed by atoms with Gasteiger partial charge in [0, 0.05) is 22.4 Å². The van der Waals surface area contributed by atoms with Gasteiger partial charge in [-0.1, -0.05) is 25.5 Å². The fraction of sp³-hybridized carbons (Fsp3) is 0.391. The average molecular weight is 351 g/mol. The van der Waals surface area contributed by atoms with Crippen LogP contribution in [-0.4, -0.2) is 5.54 Å². The molecule has 0 spiro atoms. The lowest BCUT2D eigenvalue weighted by Gasteiger charge is -2.37. The Morgan fingerprint density at radius 2 is 1.96 bits per heavy atom. The van der Waals surface area contributed by atoms with E-state index in [0.29, 0.717) is 0 Å². The summed E-state index contributed by atoms with van der Waals surface area (Å²) in [6.45, 7) is 8.71. The molecule has 0 saturated heterocycles. The molecule has 1 N–H and O–H groups in total. The molecular formula is C23H26FNO. The summed E-state index contributed by atoms with van der Waals surface area (Å²) in [4.78, 5) is 0. The monoisotopic (exact) mass is 351 g/mol. The first-order chi connectivity index (χ1) is 12.4. The fourth-order valence-corrected chi connectivity index (χ4v) is 4.33. The number of fused-ring (bicyclic) bond motifs is 5. The van der Waals surface area contributed by atoms with Gasteiger partial charge in [-0.25, -0.2) is 4.39 Å². The molecule has 0 unspecified atom stereocenters. The lowest BCUT2D eigenvalue weighted by Crippen LogP contribution is -2.32. The molecule has 4 rings (SSSR count). The number of unbranched alkanes of at least 4 members (excludes halogenated alkanes) is 1. The second-order valence-corrected chi connectivity index (χ2v) is 8.01. The molecule has 3 heteroatoms. The molecule has 0 amide bonds. The first kappa shape index (κ1) is 17.1. The van der Waals surface area contributed by atoms with E-state index in [1.807, 2.05) is 0 Å². The van der Waals surface area contributed by atoms with E-state index in [1.54, 1.807) is 12.1 Å². The fourth-order valence-electron chi connectivity index (χ4n) is 4.33. The van der Waals surface area contributed by atoms with Crippen molar-refractivity contribution >= 4 is 11.3 Å². The van der Waals surface area contributed by atoms with Crippen LogP contribution in [0.4, 0.5) is 10.1 Å². The number of allylic oxidation sites excluding steroid dienone is 1. The van der Waals surface area contributed by atoms with E-state index >= 15 is 0 Å². The van der Waals surface area contributed by atoms with Gasteiger partial charge in [-0.2, -0.15) is 0 Å². The van der Waals surface area contributed by atoms with E-state index in [0.717, 1.165) is 41.8 Å². The summed E-state index contributed by atoms with van der Waals surface area (Å²) >= 11 is 0. The molecule has 0 bridgehead atoms. The molecule has 0 aromatic heterocycles. The van der Waals surface area contributed by atoms with Crippen molar-refractivity contribution in [1.82, 2.24) is 0 Å². The van der Waals surface area contributed by atoms with E-state index in [9.17, 15) is 4.39 Å². The summed E-state index contributed by atoms with van der Waals surface area (Å²) in [6.07, 6.45) is 5.47. The largest absolute Gasteiger partial charge is 0.485 e. The van der Waals surface area contributed by atoms with Crippen LogP contribution in [0.2, 0.25) is 0 Å². The maximum absolute atomic E-state index is 13.9. The molecule has 0 fully saturated rings. The minimum atomic E-state index is -0.227. The Balaban J connectivity index is 1.95. The summed E-state index contributed by atoms with van der Waals surface area (Å²) in [5.74, 6) is 0.556. The predicted molar refractivity (Wildman–Crippen MR) is 106 cm³/mol. The normalized spacial score (nSPS) is 19.4. The molecule has 0 saturated carbocycles. The van der Waals surface area contributed by atoms with Gasteiger partial charge in [0.1, 0.15) is 17.7 Å². The summed E-state index contributed by atoms with van der Waals surface area (Å²) < 4.78 is 20.3. The van der Waals surface area contributed by atoms with Crippen LogP contribution in [0.5, 0.6) is 5.75 Å². The van der Waals surface area contributed by atoms with Crippen molar-refractivity contribution in [3.63, 3.8) is 0 Å². The number of anilines is 1. The first-order valence-corrected chi connectivity index (χ1v) is 9.51. The number of rotatable bonds is 3. The third-order valence-corrected chi connectivity index (χ3v) is 5.32. The van der Waals surface area contributed by atoms with Gasteiger partial charge in [-0.05, 0) is 69.0 Å². The van der Waals surface area contributed by atoms with Gasteiger partial charge < -0.3 is 10.1 Å². The number of benzene rings is 2. The zero-order chi connectivity index (χ0) is 18.5. The van der Waals surface area contributed by atoms with Crippen molar-refractivity contribution in [3.05, 3.63) is 53.4 Å². The Hall–Kier alpha value is -2.29. The van der Waals surface area contributed by atoms with E-state index < -0.39 is 0 Å². The minimum absolute atomic E-state index is 0.00391. The van der Waals surface area contributed by atoms with Gasteiger partial charge in [0.2, 0.25) is 0 Å². The van der Waals surface area contributed by atoms with Gasteiger partial charge in [0.05, 0.1) is 5.54 Å². The third-order valence-electron chi connectivity index (χ3n) is 5.32. The standard InChI is InChI=1S/C23H26FNO/c1-5-6-7-20-22-16(17-12-15(24)8-11-19(17)26-20)9-10-18-21(22)14(2)13-23(3,4)25-18/h8-13,20,25H,5-7H2,1-4H3/t20-/m1/s1. The molecule has 2 nitrogen and oxygen atoms in total. The molecule has 26 heavy (non-hydrogen) atoms. The van der Waals surface area contributed by atoms with Crippen molar-refractivity contribution in [2.75, 3.05) is 5.32 Å². The van der Waals surface area contributed by atoms with Crippen LogP contribution in [0.15, 0.2) is 36.4 Å². The van der Waals surface area contributed by atoms with Gasteiger partial charge in [-0.15, -0.1) is 0 Å². The Morgan fingerprint density at radius 3 is 2.73 bits per heavy atom. The number of halogens is 1. The highest BCUT2D eigenvalue weighted by Crippen LogP contribution is 2.50. The van der Waals surface area contributed by atoms with Crippen molar-refractivity contribution in [2.45, 2.75) is 58.6 Å². The van der Waals surface area contributed by atoms with Crippen molar-refractivity contribution < 1.29 is 9.13 Å². The summed E-state index contributed by atoms with van der Waals surface area (Å²) in [5.41, 5.74) is 6.69. The lowest BCUT2D eigenvalue weighted by atomic mass is 9.81. The minimum Gasteiger partial charge on any atom is -0.485 e. The molecule has 2 aromatic carbocycles. The predicted octanol–water partition coefficient (Wildman–Crippen LogP) is 6.72. The smallest absolute Gasteiger partial charge is 0.128 e. The van der Waals surface area contributed by atoms with E-state index in [4.69, 9.17) is 4.74 Å². The van der Waals surface area contributed by atoms with Gasteiger partial charge in [0.15, 0.2) is 0 Å². The molecule has 2 aliphatic rings. The first-order valence-electron chi connectivity index (χ1n) is 9.51. The van der Waals surface area contributed by atoms with Gasteiger partial charge in [0.25, 0.3) is 0 Å². The van der Waals surface area contributed by atoms with Crippen LogP contribution in [0.25, 0.3) is 16.7 Å². The van der Waals surface area contributed by atoms with Crippen molar-refractivity contribution in [3.8, 4) is 16.9 Å². The van der Waals surface area contributed by atoms with Gasteiger partial charge >= 0.3 is 0 Å². The van der Waals surface area contributed by atoms with Crippen LogP contribution in [0, 0.1) is 5.82 Å². The molecule has 136 valence electrons. The summed E-state index contributed by atoms with van der Waals surface area (Å²) in [5, 5.41) is 3.62. The molecule has 1 atom stereocenters. The van der Waals surface area contributed by atoms with E-state index in [-0.39, 0.29) is 17.5 Å². The van der Waals surface area contributed by atoms with Crippen LogP contribution in [-0.2, 0) is 0 Å². The summed E-state index contributed by atoms with van der Waals surface area (Å²) in [7, 11) is 0. The maximum atomic E-state index is 13.9. The molecular weight excluding hydrogens is 325 g/mol. The van der Waals surface area contributed by atoms with Crippen molar-refractivity contribution in [2.24, 2.45) is 0 Å². The zero-order valence-corrected chi connectivity index (χ0v) is 15.9. The molecule has 2 aliphatic heterocycles. The quantitative estimate of drug-likeness (QED) is 0.662. The summed E-state index contributed by atoms with van der Waals surface area (Å²) in [6, 6.07) is 9.08. The van der Waals surface area contributed by atoms with E-state index in [2.05, 4.69) is 51.2 Å². The molecule has 2 aromatic rings. The highest BCUT2D eigenvalue weighted by atomic mass is 19.1. The number of ether oxygens (including phenoxy) is 1. The number of hydrogen-bond acceptors (Lipinski definition) is 2. The van der Waals surface area contributed by atoms with Crippen molar-refractivity contribution in [1.29, 1.82) is 0 Å². The maximum Gasteiger partial charge on any atom is 0.128 e. The Morgan fingerprint density at radius 1 is 1.15 bits per heavy atom. The lowest BCUT2D eigenvalue weighted by molar-refractivity contribution is 0.187. The van der Waals surface area contributed by atoms with Gasteiger partial charge in [-0.3, -0.25) is 0 Å². The molecule has 0 radical (unpaired) electrons. The van der Waals surface area contributed by atoms with Crippen LogP contribution in [0.1, 0.15) is 64.2 Å². The zero-order valence-electron chi connectivity index (χ0n) is 15.9. The average Bonchev–Trinajstić information content (AvgIpc) is 2.58. The van der Waals surface area contributed by atoms with Crippen LogP contribution < -0.4 is 10.1 Å². The van der Waals surface area contributed by atoms with E-state index in [1.165, 1.54) is 22.8 Å². The number of hydrogen-bond donors (Lipinski definition) is 1.